The van der Waals surface area contributed by atoms with Crippen molar-refractivity contribution in [3.8, 4) is 0 Å². The second-order valence-corrected chi connectivity index (χ2v) is 5.15. The number of hydrogen-bond donors (Lipinski definition) is 3. The van der Waals surface area contributed by atoms with Crippen LogP contribution >= 0.6 is 0 Å². The highest BCUT2D eigenvalue weighted by Gasteiger charge is 2.25. The fourth-order valence-electron chi connectivity index (χ4n) is 2.32. The van der Waals surface area contributed by atoms with Gasteiger partial charge in [0, 0.05) is 6.04 Å². The Kier molecular flexibility index (Phi) is 5.22. The van der Waals surface area contributed by atoms with Crippen molar-refractivity contribution >= 4 is 5.91 Å². The van der Waals surface area contributed by atoms with Crippen LogP contribution in [0.15, 0.2) is 0 Å². The Balaban J connectivity index is 2.29. The number of nitrogens with one attached hydrogen (secondary N) is 1. The van der Waals surface area contributed by atoms with Gasteiger partial charge in [-0.05, 0) is 37.5 Å². The third-order valence-electron chi connectivity index (χ3n) is 3.59. The zero-order chi connectivity index (χ0) is 12.1. The monoisotopic (exact) mass is 228 g/mol. The second-order valence-electron chi connectivity index (χ2n) is 5.15. The molecule has 0 bridgehead atoms. The van der Waals surface area contributed by atoms with E-state index in [2.05, 4.69) is 19.2 Å². The molecular formula is C12H24N2O2. The summed E-state index contributed by atoms with van der Waals surface area (Å²) < 4.78 is 0. The van der Waals surface area contributed by atoms with Gasteiger partial charge >= 0.3 is 0 Å². The fourth-order valence-corrected chi connectivity index (χ4v) is 2.32. The summed E-state index contributed by atoms with van der Waals surface area (Å²) >= 11 is 0. The fraction of sp³-hybridized carbons (Fsp3) is 0.917. The summed E-state index contributed by atoms with van der Waals surface area (Å²) in [7, 11) is 0. The van der Waals surface area contributed by atoms with E-state index in [1.165, 1.54) is 12.8 Å². The third-order valence-corrected chi connectivity index (χ3v) is 3.59. The molecule has 0 unspecified atom stereocenters. The summed E-state index contributed by atoms with van der Waals surface area (Å²) in [5.74, 6) is 1.30. The van der Waals surface area contributed by atoms with E-state index in [9.17, 15) is 4.79 Å². The molecular weight excluding hydrogens is 204 g/mol. The number of nitrogens with two attached hydrogens (primary N) is 1. The van der Waals surface area contributed by atoms with Crippen molar-refractivity contribution in [1.82, 2.24) is 5.32 Å². The Morgan fingerprint density at radius 3 is 2.38 bits per heavy atom. The van der Waals surface area contributed by atoms with Crippen molar-refractivity contribution in [2.45, 2.75) is 51.6 Å². The first-order valence-electron chi connectivity index (χ1n) is 6.21. The standard InChI is InChI=1S/C12H24N2O2/c1-8(2)9-3-5-10(6-4-9)14-12(16)11(13)7-15/h8-11,15H,3-7,13H2,1-2H3,(H,14,16)/t9?,10?,11-/m1/s1. The third kappa shape index (κ3) is 3.76. The minimum atomic E-state index is -0.775. The maximum Gasteiger partial charge on any atom is 0.239 e. The molecule has 1 atom stereocenters. The minimum Gasteiger partial charge on any atom is -0.394 e. The zero-order valence-corrected chi connectivity index (χ0v) is 10.3. The van der Waals surface area contributed by atoms with Gasteiger partial charge in [0.25, 0.3) is 0 Å². The average Bonchev–Trinajstić information content (AvgIpc) is 2.28. The molecule has 94 valence electrons. The van der Waals surface area contributed by atoms with Gasteiger partial charge in [0.1, 0.15) is 6.04 Å². The van der Waals surface area contributed by atoms with Gasteiger partial charge in [-0.25, -0.2) is 0 Å². The van der Waals surface area contributed by atoms with Crippen molar-refractivity contribution < 1.29 is 9.90 Å². The number of hydrogen-bond acceptors (Lipinski definition) is 3. The molecule has 1 saturated carbocycles. The van der Waals surface area contributed by atoms with E-state index < -0.39 is 6.04 Å². The van der Waals surface area contributed by atoms with Gasteiger partial charge in [-0.1, -0.05) is 13.8 Å². The summed E-state index contributed by atoms with van der Waals surface area (Å²) in [6, 6.07) is -0.525. The van der Waals surface area contributed by atoms with Gasteiger partial charge in [0.2, 0.25) is 5.91 Å². The van der Waals surface area contributed by atoms with Crippen LogP contribution in [0.5, 0.6) is 0 Å². The molecule has 1 aliphatic carbocycles. The normalized spacial score (nSPS) is 27.8. The molecule has 1 rings (SSSR count). The number of carbonyl (C=O) groups excluding carboxylic acids is 1. The summed E-state index contributed by atoms with van der Waals surface area (Å²) in [5, 5.41) is 11.7. The van der Waals surface area contributed by atoms with Crippen molar-refractivity contribution in [2.24, 2.45) is 17.6 Å². The van der Waals surface area contributed by atoms with E-state index in [4.69, 9.17) is 10.8 Å². The van der Waals surface area contributed by atoms with Gasteiger partial charge in [-0.3, -0.25) is 4.79 Å². The van der Waals surface area contributed by atoms with Gasteiger partial charge in [0.15, 0.2) is 0 Å². The topological polar surface area (TPSA) is 75.4 Å². The molecule has 0 aromatic carbocycles. The first kappa shape index (κ1) is 13.5. The maximum absolute atomic E-state index is 11.5. The lowest BCUT2D eigenvalue weighted by Gasteiger charge is -2.31. The molecule has 0 saturated heterocycles. The van der Waals surface area contributed by atoms with Crippen LogP contribution in [-0.4, -0.2) is 29.7 Å². The largest absolute Gasteiger partial charge is 0.394 e. The summed E-state index contributed by atoms with van der Waals surface area (Å²) in [5.41, 5.74) is 5.45. The number of aliphatic hydroxyl groups is 1. The molecule has 1 aliphatic rings. The minimum absolute atomic E-state index is 0.226. The molecule has 0 aromatic heterocycles. The molecule has 4 heteroatoms. The van der Waals surface area contributed by atoms with Crippen LogP contribution in [0.4, 0.5) is 0 Å². The van der Waals surface area contributed by atoms with Gasteiger partial charge < -0.3 is 16.2 Å². The highest BCUT2D eigenvalue weighted by Crippen LogP contribution is 2.29. The zero-order valence-electron chi connectivity index (χ0n) is 10.3. The van der Waals surface area contributed by atoms with Crippen molar-refractivity contribution in [3.05, 3.63) is 0 Å². The van der Waals surface area contributed by atoms with E-state index in [1.54, 1.807) is 0 Å². The molecule has 0 spiro atoms. The quantitative estimate of drug-likeness (QED) is 0.661. The maximum atomic E-state index is 11.5. The Morgan fingerprint density at radius 1 is 1.38 bits per heavy atom. The Labute approximate surface area is 97.6 Å². The summed E-state index contributed by atoms with van der Waals surface area (Å²) in [6.07, 6.45) is 4.42. The number of aliphatic hydroxyl groups excluding tert-OH is 1. The summed E-state index contributed by atoms with van der Waals surface area (Å²) in [4.78, 5) is 11.5. The first-order valence-corrected chi connectivity index (χ1v) is 6.21. The van der Waals surface area contributed by atoms with E-state index in [0.717, 1.165) is 24.7 Å². The van der Waals surface area contributed by atoms with E-state index in [1.807, 2.05) is 0 Å². The Hall–Kier alpha value is -0.610. The Morgan fingerprint density at radius 2 is 1.94 bits per heavy atom. The van der Waals surface area contributed by atoms with E-state index in [-0.39, 0.29) is 18.6 Å². The predicted octanol–water partition coefficient (Wildman–Crippen LogP) is 0.637. The molecule has 0 aliphatic heterocycles. The van der Waals surface area contributed by atoms with Crippen LogP contribution < -0.4 is 11.1 Å². The number of rotatable bonds is 4. The molecule has 4 nitrogen and oxygen atoms in total. The second kappa shape index (κ2) is 6.21. The van der Waals surface area contributed by atoms with Crippen LogP contribution in [0.1, 0.15) is 39.5 Å². The van der Waals surface area contributed by atoms with Crippen LogP contribution in [0.2, 0.25) is 0 Å². The predicted molar refractivity (Wildman–Crippen MR) is 63.8 cm³/mol. The lowest BCUT2D eigenvalue weighted by atomic mass is 9.79. The van der Waals surface area contributed by atoms with E-state index >= 15 is 0 Å². The lowest BCUT2D eigenvalue weighted by Crippen LogP contribution is -2.48. The van der Waals surface area contributed by atoms with Crippen molar-refractivity contribution in [2.75, 3.05) is 6.61 Å². The van der Waals surface area contributed by atoms with E-state index in [0.29, 0.717) is 0 Å². The molecule has 0 heterocycles. The molecule has 16 heavy (non-hydrogen) atoms. The van der Waals surface area contributed by atoms with Gasteiger partial charge in [0.05, 0.1) is 6.61 Å². The first-order chi connectivity index (χ1) is 7.54. The average molecular weight is 228 g/mol. The molecule has 0 radical (unpaired) electrons. The highest BCUT2D eigenvalue weighted by molar-refractivity contribution is 5.81. The van der Waals surface area contributed by atoms with Crippen molar-refractivity contribution in [3.63, 3.8) is 0 Å². The molecule has 1 fully saturated rings. The molecule has 1 amide bonds. The van der Waals surface area contributed by atoms with Crippen molar-refractivity contribution in [1.29, 1.82) is 0 Å². The Bertz CT molecular complexity index is 223. The van der Waals surface area contributed by atoms with Gasteiger partial charge in [-0.2, -0.15) is 0 Å². The molecule has 4 N–H and O–H groups in total. The smallest absolute Gasteiger partial charge is 0.239 e. The van der Waals surface area contributed by atoms with Crippen LogP contribution in [0.25, 0.3) is 0 Å². The lowest BCUT2D eigenvalue weighted by molar-refractivity contribution is -0.124. The van der Waals surface area contributed by atoms with Gasteiger partial charge in [-0.15, -0.1) is 0 Å². The SMILES string of the molecule is CC(C)C1CCC(NC(=O)[C@H](N)CO)CC1. The number of carbonyl (C=O) groups is 1. The summed E-state index contributed by atoms with van der Waals surface area (Å²) in [6.45, 7) is 4.23. The van der Waals surface area contributed by atoms with Crippen LogP contribution in [0, 0.1) is 11.8 Å². The van der Waals surface area contributed by atoms with Crippen LogP contribution in [-0.2, 0) is 4.79 Å². The molecule has 0 aromatic rings. The highest BCUT2D eigenvalue weighted by atomic mass is 16.3. The van der Waals surface area contributed by atoms with Crippen LogP contribution in [0.3, 0.4) is 0 Å². The number of amides is 1.